The maximum absolute atomic E-state index is 4.61. The minimum absolute atomic E-state index is 0.421. The summed E-state index contributed by atoms with van der Waals surface area (Å²) in [4.78, 5) is 6.44. The number of nitrogens with one attached hydrogen (secondary N) is 2. The number of allylic oxidation sites excluding steroid dienone is 1. The summed E-state index contributed by atoms with van der Waals surface area (Å²) in [5.41, 5.74) is 1.97. The lowest BCUT2D eigenvalue weighted by Crippen LogP contribution is -2.74. The predicted octanol–water partition coefficient (Wildman–Crippen LogP) is 10.8. The van der Waals surface area contributed by atoms with Gasteiger partial charge in [-0.25, -0.2) is 0 Å². The van der Waals surface area contributed by atoms with Crippen LogP contribution in [0.4, 0.5) is 0 Å². The molecule has 0 aromatic heterocycles. The monoisotopic (exact) mass is 725 g/mol. The largest absolute Gasteiger partial charge is 0.294 e. The SMILES string of the molecule is CC1CCC2C3CC(C4=CC5C6CCCCC6N(C6NC7CCC8CCCCC8[C@@H]7C(C7CCCCC7)N6)C5CC4)CCC3N(C3CCCCC3)C2C1. The van der Waals surface area contributed by atoms with E-state index in [9.17, 15) is 0 Å². The number of nitrogens with zero attached hydrogens (tertiary/aromatic N) is 2. The van der Waals surface area contributed by atoms with Crippen LogP contribution in [0.1, 0.15) is 187 Å². The molecule has 10 fully saturated rings. The third-order valence-electron chi connectivity index (χ3n) is 19.8. The molecule has 4 heteroatoms. The van der Waals surface area contributed by atoms with E-state index in [-0.39, 0.29) is 0 Å². The first-order chi connectivity index (χ1) is 26.2. The molecule has 3 heterocycles. The fraction of sp³-hybridized carbons (Fsp3) is 0.959. The van der Waals surface area contributed by atoms with E-state index in [2.05, 4.69) is 33.4 Å². The van der Waals surface area contributed by atoms with Gasteiger partial charge in [-0.15, -0.1) is 0 Å². The molecule has 0 spiro atoms. The Morgan fingerprint density at radius 2 is 1.25 bits per heavy atom. The molecule has 11 aliphatic rings. The third kappa shape index (κ3) is 6.33. The van der Waals surface area contributed by atoms with Gasteiger partial charge in [0.25, 0.3) is 0 Å². The second kappa shape index (κ2) is 15.1. The van der Waals surface area contributed by atoms with Crippen molar-refractivity contribution in [1.29, 1.82) is 0 Å². The van der Waals surface area contributed by atoms with Crippen LogP contribution in [0.3, 0.4) is 0 Å². The standard InChI is InChI=1S/C49H80N4/c1-31-20-24-39-41-30-34(22-26-44(41)52(46(39)28-31)36-15-6-3-7-16-36)35-23-27-45-40(29-35)38-18-10-11-19-43(38)53(45)49-50-42-25-21-32-12-8-9-17-37(32)47(42)48(51-49)33-13-4-2-5-14-33/h29,31-34,36-51H,2-28,30H2,1H3/t31?,32?,34?,37?,38?,39?,40?,41?,42?,43?,44?,45?,46?,47-,48?,49?/m0/s1. The fourth-order valence-electron chi connectivity index (χ4n) is 17.7. The number of hydrogen-bond acceptors (Lipinski definition) is 4. The van der Waals surface area contributed by atoms with Crippen molar-refractivity contribution >= 4 is 0 Å². The van der Waals surface area contributed by atoms with Crippen molar-refractivity contribution in [2.24, 2.45) is 59.2 Å². The van der Waals surface area contributed by atoms with Gasteiger partial charge < -0.3 is 0 Å². The summed E-state index contributed by atoms with van der Waals surface area (Å²) >= 11 is 0. The van der Waals surface area contributed by atoms with Gasteiger partial charge in [-0.3, -0.25) is 20.4 Å². The van der Waals surface area contributed by atoms with Crippen LogP contribution >= 0.6 is 0 Å². The molecule has 7 saturated carbocycles. The van der Waals surface area contributed by atoms with Gasteiger partial charge in [-0.05, 0) is 162 Å². The van der Waals surface area contributed by atoms with E-state index in [0.29, 0.717) is 6.29 Å². The molecule has 53 heavy (non-hydrogen) atoms. The topological polar surface area (TPSA) is 30.5 Å². The Balaban J connectivity index is 0.843. The lowest BCUT2D eigenvalue weighted by atomic mass is 9.58. The molecule has 15 unspecified atom stereocenters. The molecule has 296 valence electrons. The number of hydrogen-bond donors (Lipinski definition) is 2. The van der Waals surface area contributed by atoms with Crippen molar-refractivity contribution < 1.29 is 0 Å². The van der Waals surface area contributed by atoms with Crippen LogP contribution in [-0.4, -0.2) is 58.4 Å². The van der Waals surface area contributed by atoms with E-state index in [1.165, 1.54) is 173 Å². The Hall–Kier alpha value is -0.420. The summed E-state index contributed by atoms with van der Waals surface area (Å²) in [6, 6.07) is 5.84. The van der Waals surface area contributed by atoms with Crippen LogP contribution in [0, 0.1) is 59.2 Å². The molecular weight excluding hydrogens is 645 g/mol. The smallest absolute Gasteiger partial charge is 0.115 e. The van der Waals surface area contributed by atoms with Gasteiger partial charge >= 0.3 is 0 Å². The van der Waals surface area contributed by atoms with E-state index >= 15 is 0 Å². The quantitative estimate of drug-likeness (QED) is 0.283. The molecule has 0 aromatic carbocycles. The Morgan fingerprint density at radius 1 is 0.509 bits per heavy atom. The van der Waals surface area contributed by atoms with Gasteiger partial charge in [0.2, 0.25) is 0 Å². The van der Waals surface area contributed by atoms with Crippen molar-refractivity contribution in [2.75, 3.05) is 0 Å². The maximum atomic E-state index is 4.61. The molecule has 0 amide bonds. The number of likely N-dealkylation sites (tertiary alicyclic amines) is 2. The second-order valence-corrected chi connectivity index (χ2v) is 22.1. The summed E-state index contributed by atoms with van der Waals surface area (Å²) in [6.07, 6.45) is 45.3. The predicted molar refractivity (Wildman–Crippen MR) is 218 cm³/mol. The van der Waals surface area contributed by atoms with Crippen molar-refractivity contribution in [3.05, 3.63) is 11.6 Å². The van der Waals surface area contributed by atoms with Gasteiger partial charge in [0.15, 0.2) is 0 Å². The molecule has 11 rings (SSSR count). The summed E-state index contributed by atoms with van der Waals surface area (Å²) in [6.45, 7) is 2.58. The highest BCUT2D eigenvalue weighted by Crippen LogP contribution is 2.57. The van der Waals surface area contributed by atoms with Crippen molar-refractivity contribution in [2.45, 2.75) is 235 Å². The number of fused-ring (bicyclic) bond motifs is 9. The molecule has 0 radical (unpaired) electrons. The normalized spacial score (nSPS) is 51.3. The van der Waals surface area contributed by atoms with Crippen LogP contribution in [0.2, 0.25) is 0 Å². The highest BCUT2D eigenvalue weighted by Gasteiger charge is 2.58. The minimum atomic E-state index is 0.421. The van der Waals surface area contributed by atoms with E-state index < -0.39 is 0 Å². The highest BCUT2D eigenvalue weighted by molar-refractivity contribution is 5.23. The molecule has 3 aliphatic heterocycles. The zero-order valence-corrected chi connectivity index (χ0v) is 34.2. The first kappa shape index (κ1) is 35.7. The van der Waals surface area contributed by atoms with Gasteiger partial charge in [0, 0.05) is 42.3 Å². The summed E-state index contributed by atoms with van der Waals surface area (Å²) in [5, 5.41) is 9.13. The van der Waals surface area contributed by atoms with E-state index in [1.54, 1.807) is 6.42 Å². The van der Waals surface area contributed by atoms with Crippen LogP contribution in [0.25, 0.3) is 0 Å². The average Bonchev–Trinajstić information content (AvgIpc) is 3.72. The first-order valence-electron chi connectivity index (χ1n) is 25.0. The maximum Gasteiger partial charge on any atom is 0.115 e. The Morgan fingerprint density at radius 3 is 2.11 bits per heavy atom. The molecule has 4 nitrogen and oxygen atoms in total. The lowest BCUT2D eigenvalue weighted by Gasteiger charge is -2.58. The van der Waals surface area contributed by atoms with E-state index in [4.69, 9.17) is 0 Å². The molecule has 0 aromatic rings. The lowest BCUT2D eigenvalue weighted by molar-refractivity contribution is -0.0622. The Bertz CT molecular complexity index is 1300. The van der Waals surface area contributed by atoms with Gasteiger partial charge in [-0.1, -0.05) is 95.6 Å². The summed E-state index contributed by atoms with van der Waals surface area (Å²) in [7, 11) is 0. The Kier molecular flexibility index (Phi) is 10.2. The first-order valence-corrected chi connectivity index (χ1v) is 25.0. The van der Waals surface area contributed by atoms with Crippen LogP contribution in [0.15, 0.2) is 11.6 Å². The third-order valence-corrected chi connectivity index (χ3v) is 19.8. The molecule has 8 aliphatic carbocycles. The molecule has 0 bridgehead atoms. The molecule has 3 saturated heterocycles. The van der Waals surface area contributed by atoms with Crippen molar-refractivity contribution in [3.63, 3.8) is 0 Å². The van der Waals surface area contributed by atoms with Crippen LogP contribution < -0.4 is 10.6 Å². The molecule has 16 atom stereocenters. The summed E-state index contributed by atoms with van der Waals surface area (Å²) in [5.74, 6) is 9.39. The van der Waals surface area contributed by atoms with Gasteiger partial charge in [0.1, 0.15) is 6.29 Å². The average molecular weight is 725 g/mol. The fourth-order valence-corrected chi connectivity index (χ4v) is 17.7. The molecule has 2 N–H and O–H groups in total. The van der Waals surface area contributed by atoms with E-state index in [1.807, 2.05) is 5.57 Å². The van der Waals surface area contributed by atoms with Gasteiger partial charge in [-0.2, -0.15) is 0 Å². The van der Waals surface area contributed by atoms with Crippen molar-refractivity contribution in [1.82, 2.24) is 20.4 Å². The zero-order valence-electron chi connectivity index (χ0n) is 34.2. The van der Waals surface area contributed by atoms with Crippen molar-refractivity contribution in [3.8, 4) is 0 Å². The number of rotatable bonds is 4. The van der Waals surface area contributed by atoms with Crippen LogP contribution in [0.5, 0.6) is 0 Å². The summed E-state index contributed by atoms with van der Waals surface area (Å²) < 4.78 is 0. The Labute approximate surface area is 325 Å². The second-order valence-electron chi connectivity index (χ2n) is 22.1. The minimum Gasteiger partial charge on any atom is -0.294 e. The molecular formula is C49H80N4. The van der Waals surface area contributed by atoms with Gasteiger partial charge in [0.05, 0.1) is 0 Å². The highest BCUT2D eigenvalue weighted by atomic mass is 15.5. The zero-order chi connectivity index (χ0) is 35.0. The van der Waals surface area contributed by atoms with E-state index in [0.717, 1.165) is 101 Å². The van der Waals surface area contributed by atoms with Crippen LogP contribution in [-0.2, 0) is 0 Å².